The number of hydrogen-bond acceptors (Lipinski definition) is 9. The molecule has 0 fully saturated rings. The van der Waals surface area contributed by atoms with Crippen molar-refractivity contribution in [3.05, 3.63) is 70.8 Å². The van der Waals surface area contributed by atoms with E-state index in [2.05, 4.69) is 9.47 Å². The van der Waals surface area contributed by atoms with Gasteiger partial charge in [0.05, 0.1) is 25.3 Å². The fourth-order valence-electron chi connectivity index (χ4n) is 2.84. The first-order valence-corrected chi connectivity index (χ1v) is 11.1. The number of carbonyl (C=O) groups excluding carboxylic acids is 3. The summed E-state index contributed by atoms with van der Waals surface area (Å²) >= 11 is 0. The third kappa shape index (κ3) is 10.7. The first kappa shape index (κ1) is 30.3. The number of esters is 3. The Bertz CT molecular complexity index is 1030. The molecule has 2 aromatic carbocycles. The topological polar surface area (TPSA) is 168 Å². The second-order valence-electron chi connectivity index (χ2n) is 8.87. The lowest BCUT2D eigenvalue weighted by Gasteiger charge is -2.19. The Morgan fingerprint density at radius 2 is 1.17 bits per heavy atom. The number of benzene rings is 2. The molecular formula is C26H34N2O8. The Kier molecular flexibility index (Phi) is 11.7. The van der Waals surface area contributed by atoms with Crippen LogP contribution in [0, 0.1) is 0 Å². The number of hydrogen-bond donors (Lipinski definition) is 3. The van der Waals surface area contributed by atoms with Gasteiger partial charge in [0.2, 0.25) is 0 Å². The maximum atomic E-state index is 11.8. The van der Waals surface area contributed by atoms with E-state index in [4.69, 9.17) is 21.3 Å². The molecule has 196 valence electrons. The summed E-state index contributed by atoms with van der Waals surface area (Å²) in [6.45, 7) is 5.39. The van der Waals surface area contributed by atoms with Gasteiger partial charge >= 0.3 is 23.9 Å². The minimum atomic E-state index is -1.05. The van der Waals surface area contributed by atoms with Gasteiger partial charge in [0.25, 0.3) is 0 Å². The van der Waals surface area contributed by atoms with Gasteiger partial charge in [-0.15, -0.1) is 0 Å². The van der Waals surface area contributed by atoms with Crippen LogP contribution in [0.4, 0.5) is 0 Å². The number of methoxy groups -OCH3 is 2. The van der Waals surface area contributed by atoms with Crippen LogP contribution in [0.5, 0.6) is 0 Å². The molecule has 0 saturated heterocycles. The highest BCUT2D eigenvalue weighted by Crippen LogP contribution is 2.13. The SMILES string of the molecule is CC(C)(C)OC(=O)c1ccc(C[C@H](N)C(=O)O)cc1.COC(=O)c1ccc(C[C@H](N)C(=O)OC)cc1. The van der Waals surface area contributed by atoms with Gasteiger partial charge in [-0.3, -0.25) is 9.59 Å². The number of carboxylic acid groups (broad SMARTS) is 1. The molecule has 0 radical (unpaired) electrons. The molecule has 2 rings (SSSR count). The van der Waals surface area contributed by atoms with Crippen molar-refractivity contribution in [2.24, 2.45) is 11.5 Å². The lowest BCUT2D eigenvalue weighted by Crippen LogP contribution is -2.33. The van der Waals surface area contributed by atoms with Crippen LogP contribution in [0.2, 0.25) is 0 Å². The summed E-state index contributed by atoms with van der Waals surface area (Å²) < 4.78 is 14.3. The second kappa shape index (κ2) is 14.0. The van der Waals surface area contributed by atoms with Crippen molar-refractivity contribution in [3.63, 3.8) is 0 Å². The Labute approximate surface area is 210 Å². The van der Waals surface area contributed by atoms with Crippen molar-refractivity contribution in [3.8, 4) is 0 Å². The first-order chi connectivity index (χ1) is 16.8. The quantitative estimate of drug-likeness (QED) is 0.359. The number of aliphatic carboxylic acids is 1. The van der Waals surface area contributed by atoms with Crippen molar-refractivity contribution < 1.29 is 38.5 Å². The number of carbonyl (C=O) groups is 4. The molecule has 0 spiro atoms. The molecule has 10 heteroatoms. The predicted octanol–water partition coefficient (Wildman–Crippen LogP) is 2.11. The summed E-state index contributed by atoms with van der Waals surface area (Å²) in [7, 11) is 2.62. The summed E-state index contributed by atoms with van der Waals surface area (Å²) in [5.74, 6) is -2.30. The van der Waals surface area contributed by atoms with Gasteiger partial charge in [-0.1, -0.05) is 24.3 Å². The zero-order valence-electron chi connectivity index (χ0n) is 21.1. The highest BCUT2D eigenvalue weighted by Gasteiger charge is 2.18. The van der Waals surface area contributed by atoms with E-state index in [-0.39, 0.29) is 6.42 Å². The van der Waals surface area contributed by atoms with Crippen molar-refractivity contribution in [1.29, 1.82) is 0 Å². The molecule has 0 aliphatic carbocycles. The normalized spacial score (nSPS) is 12.3. The van der Waals surface area contributed by atoms with Gasteiger partial charge in [0, 0.05) is 0 Å². The molecule has 10 nitrogen and oxygen atoms in total. The Morgan fingerprint density at radius 1 is 0.750 bits per heavy atom. The molecule has 0 heterocycles. The minimum Gasteiger partial charge on any atom is -0.480 e. The van der Waals surface area contributed by atoms with Gasteiger partial charge < -0.3 is 30.8 Å². The van der Waals surface area contributed by atoms with E-state index in [9.17, 15) is 19.2 Å². The van der Waals surface area contributed by atoms with E-state index in [1.54, 1.807) is 69.3 Å². The maximum absolute atomic E-state index is 11.8. The fraction of sp³-hybridized carbons (Fsp3) is 0.385. The molecule has 2 aromatic rings. The summed E-state index contributed by atoms with van der Waals surface area (Å²) in [6.07, 6.45) is 0.595. The highest BCUT2D eigenvalue weighted by molar-refractivity contribution is 5.90. The second-order valence-corrected chi connectivity index (χ2v) is 8.87. The highest BCUT2D eigenvalue weighted by atomic mass is 16.6. The Morgan fingerprint density at radius 3 is 1.53 bits per heavy atom. The molecule has 0 aromatic heterocycles. The van der Waals surface area contributed by atoms with Crippen molar-refractivity contribution in [2.75, 3.05) is 14.2 Å². The van der Waals surface area contributed by atoms with E-state index in [1.807, 2.05) is 0 Å². The van der Waals surface area contributed by atoms with Gasteiger partial charge in [-0.25, -0.2) is 9.59 Å². The lowest BCUT2D eigenvalue weighted by molar-refractivity contribution is -0.142. The third-order valence-corrected chi connectivity index (χ3v) is 4.70. The van der Waals surface area contributed by atoms with Crippen LogP contribution < -0.4 is 11.5 Å². The lowest BCUT2D eigenvalue weighted by atomic mass is 10.0. The molecule has 0 amide bonds. The largest absolute Gasteiger partial charge is 0.480 e. The number of nitrogens with two attached hydrogens (primary N) is 2. The van der Waals surface area contributed by atoms with Crippen LogP contribution in [0.25, 0.3) is 0 Å². The summed E-state index contributed by atoms with van der Waals surface area (Å²) in [5.41, 5.74) is 13.0. The average Bonchev–Trinajstić information content (AvgIpc) is 2.83. The van der Waals surface area contributed by atoms with E-state index in [1.165, 1.54) is 14.2 Å². The van der Waals surface area contributed by atoms with Crippen molar-refractivity contribution in [1.82, 2.24) is 0 Å². The van der Waals surface area contributed by atoms with Crippen LogP contribution in [0.3, 0.4) is 0 Å². The van der Waals surface area contributed by atoms with Crippen LogP contribution in [-0.4, -0.2) is 60.9 Å². The van der Waals surface area contributed by atoms with E-state index >= 15 is 0 Å². The van der Waals surface area contributed by atoms with Crippen LogP contribution in [-0.2, 0) is 36.6 Å². The van der Waals surface area contributed by atoms with Crippen LogP contribution >= 0.6 is 0 Å². The van der Waals surface area contributed by atoms with Crippen LogP contribution in [0.15, 0.2) is 48.5 Å². The van der Waals surface area contributed by atoms with Gasteiger partial charge in [0.15, 0.2) is 0 Å². The maximum Gasteiger partial charge on any atom is 0.338 e. The third-order valence-electron chi connectivity index (χ3n) is 4.70. The van der Waals surface area contributed by atoms with Gasteiger partial charge in [-0.05, 0) is 69.0 Å². The molecule has 0 aliphatic rings. The number of ether oxygens (including phenoxy) is 3. The standard InChI is InChI=1S/C14H19NO4.C12H15NO4/c1-14(2,3)19-13(18)10-6-4-9(5-7-10)8-11(15)12(16)17;1-16-11(14)9-5-3-8(4-6-9)7-10(13)12(15)17-2/h4-7,11H,8,15H2,1-3H3,(H,16,17);3-6,10H,7,13H2,1-2H3/t11-;10-/m00/s1. The van der Waals surface area contributed by atoms with Crippen molar-refractivity contribution >= 4 is 23.9 Å². The molecular weight excluding hydrogens is 468 g/mol. The smallest absolute Gasteiger partial charge is 0.338 e. The molecule has 5 N–H and O–H groups in total. The molecule has 36 heavy (non-hydrogen) atoms. The van der Waals surface area contributed by atoms with E-state index in [0.717, 1.165) is 11.1 Å². The number of carboxylic acids is 1. The Balaban J connectivity index is 0.000000362. The summed E-state index contributed by atoms with van der Waals surface area (Å²) in [6, 6.07) is 11.7. The molecule has 0 aliphatic heterocycles. The predicted molar refractivity (Wildman–Crippen MR) is 132 cm³/mol. The first-order valence-electron chi connectivity index (χ1n) is 11.1. The summed E-state index contributed by atoms with van der Waals surface area (Å²) in [4.78, 5) is 44.7. The van der Waals surface area contributed by atoms with E-state index < -0.39 is 41.6 Å². The Hall–Kier alpha value is -3.76. The monoisotopic (exact) mass is 502 g/mol. The average molecular weight is 503 g/mol. The summed E-state index contributed by atoms with van der Waals surface area (Å²) in [5, 5.41) is 8.71. The zero-order valence-corrected chi connectivity index (χ0v) is 21.1. The zero-order chi connectivity index (χ0) is 27.5. The van der Waals surface area contributed by atoms with Crippen molar-refractivity contribution in [2.45, 2.75) is 51.3 Å². The molecule has 0 bridgehead atoms. The van der Waals surface area contributed by atoms with Gasteiger partial charge in [0.1, 0.15) is 17.7 Å². The molecule has 0 saturated carbocycles. The van der Waals surface area contributed by atoms with E-state index in [0.29, 0.717) is 17.5 Å². The molecule has 2 atom stereocenters. The van der Waals surface area contributed by atoms with Gasteiger partial charge in [-0.2, -0.15) is 0 Å². The molecule has 0 unspecified atom stereocenters. The number of rotatable bonds is 8. The fourth-order valence-corrected chi connectivity index (χ4v) is 2.84. The minimum absolute atomic E-state index is 0.226. The van der Waals surface area contributed by atoms with Crippen LogP contribution in [0.1, 0.15) is 52.6 Å².